The largest absolute Gasteiger partial charge is 0.496 e. The monoisotopic (exact) mass is 396 g/mol. The van der Waals surface area contributed by atoms with E-state index in [0.717, 1.165) is 42.0 Å². The highest BCUT2D eigenvalue weighted by atomic mass is 16.5. The lowest BCUT2D eigenvalue weighted by Gasteiger charge is -2.58. The predicted octanol–water partition coefficient (Wildman–Crippen LogP) is 3.58. The zero-order chi connectivity index (χ0) is 20.0. The highest BCUT2D eigenvalue weighted by Crippen LogP contribution is 2.46. The number of rotatable bonds is 3. The van der Waals surface area contributed by atoms with E-state index in [0.29, 0.717) is 23.9 Å². The summed E-state index contributed by atoms with van der Waals surface area (Å²) in [4.78, 5) is 18.5. The van der Waals surface area contributed by atoms with E-state index in [9.17, 15) is 4.79 Å². The second kappa shape index (κ2) is 7.67. The Hall–Kier alpha value is -2.01. The first-order valence-corrected chi connectivity index (χ1v) is 11.2. The van der Waals surface area contributed by atoms with Crippen LogP contribution >= 0.6 is 0 Å². The molecule has 4 heterocycles. The molecule has 1 aromatic carbocycles. The maximum absolute atomic E-state index is 13.6. The number of nitrogens with zero attached hydrogens (tertiary/aromatic N) is 2. The number of carbonyl (C=O) groups is 1. The van der Waals surface area contributed by atoms with Crippen LogP contribution in [0, 0.1) is 11.8 Å². The smallest absolute Gasteiger partial charge is 0.250 e. The molecule has 29 heavy (non-hydrogen) atoms. The molecule has 156 valence electrons. The minimum absolute atomic E-state index is 0.232. The van der Waals surface area contributed by atoms with Gasteiger partial charge in [0.15, 0.2) is 0 Å². The molecule has 4 aliphatic rings. The molecule has 4 atom stereocenters. The summed E-state index contributed by atoms with van der Waals surface area (Å²) < 4.78 is 11.1. The fourth-order valence-corrected chi connectivity index (χ4v) is 6.52. The minimum Gasteiger partial charge on any atom is -0.496 e. The molecule has 0 aliphatic carbocycles. The van der Waals surface area contributed by atoms with Crippen molar-refractivity contribution in [2.24, 2.45) is 11.8 Å². The van der Waals surface area contributed by atoms with E-state index in [-0.39, 0.29) is 5.91 Å². The number of benzene rings is 1. The Morgan fingerprint density at radius 2 is 1.76 bits per heavy atom. The molecule has 0 spiro atoms. The summed E-state index contributed by atoms with van der Waals surface area (Å²) in [6.07, 6.45) is 9.05. The average molecular weight is 397 g/mol. The molecule has 1 aromatic rings. The van der Waals surface area contributed by atoms with Crippen LogP contribution in [0.3, 0.4) is 0 Å². The first-order chi connectivity index (χ1) is 14.2. The van der Waals surface area contributed by atoms with Gasteiger partial charge in [0.2, 0.25) is 5.91 Å². The maximum atomic E-state index is 13.6. The third-order valence-electron chi connectivity index (χ3n) is 7.70. The average Bonchev–Trinajstić information content (AvgIpc) is 2.76. The number of amides is 1. The normalized spacial score (nSPS) is 33.2. The summed E-state index contributed by atoms with van der Waals surface area (Å²) in [5, 5.41) is 0. The molecule has 5 nitrogen and oxygen atoms in total. The third kappa shape index (κ3) is 3.14. The molecule has 0 N–H and O–H groups in total. The fourth-order valence-electron chi connectivity index (χ4n) is 6.52. The summed E-state index contributed by atoms with van der Waals surface area (Å²) in [6.45, 7) is 3.45. The first-order valence-electron chi connectivity index (χ1n) is 11.2. The maximum Gasteiger partial charge on any atom is 0.250 e. The summed E-state index contributed by atoms with van der Waals surface area (Å²) in [5.41, 5.74) is 1.77. The zero-order valence-electron chi connectivity index (χ0n) is 17.6. The van der Waals surface area contributed by atoms with E-state index >= 15 is 0 Å². The van der Waals surface area contributed by atoms with Gasteiger partial charge in [0.05, 0.1) is 19.8 Å². The molecule has 0 unspecified atom stereocenters. The molecular formula is C24H32N2O3. The van der Waals surface area contributed by atoms with Gasteiger partial charge < -0.3 is 14.4 Å². The van der Waals surface area contributed by atoms with Crippen molar-refractivity contribution in [1.82, 2.24) is 9.80 Å². The molecule has 5 rings (SSSR count). The lowest BCUT2D eigenvalue weighted by molar-refractivity contribution is -0.145. The molecule has 4 saturated heterocycles. The molecule has 0 radical (unpaired) electrons. The van der Waals surface area contributed by atoms with Crippen molar-refractivity contribution in [1.29, 1.82) is 0 Å². The quantitative estimate of drug-likeness (QED) is 0.733. The van der Waals surface area contributed by atoms with Crippen molar-refractivity contribution in [2.45, 2.75) is 50.6 Å². The van der Waals surface area contributed by atoms with Crippen LogP contribution < -0.4 is 9.47 Å². The van der Waals surface area contributed by atoms with E-state index in [1.165, 1.54) is 38.8 Å². The summed E-state index contributed by atoms with van der Waals surface area (Å²) in [7, 11) is 3.33. The van der Waals surface area contributed by atoms with Crippen molar-refractivity contribution in [3.8, 4) is 11.5 Å². The van der Waals surface area contributed by atoms with Crippen LogP contribution in [0.5, 0.6) is 11.5 Å². The topological polar surface area (TPSA) is 42.0 Å². The second-order valence-electron chi connectivity index (χ2n) is 9.04. The molecule has 0 saturated carbocycles. The predicted molar refractivity (Wildman–Crippen MR) is 113 cm³/mol. The molecular weight excluding hydrogens is 364 g/mol. The van der Waals surface area contributed by atoms with Crippen LogP contribution in [0.2, 0.25) is 0 Å². The lowest BCUT2D eigenvalue weighted by atomic mass is 9.67. The van der Waals surface area contributed by atoms with Gasteiger partial charge >= 0.3 is 0 Å². The van der Waals surface area contributed by atoms with Crippen molar-refractivity contribution in [2.75, 3.05) is 33.9 Å². The van der Waals surface area contributed by atoms with Gasteiger partial charge in [-0.05, 0) is 81.7 Å². The van der Waals surface area contributed by atoms with Gasteiger partial charge in [0.1, 0.15) is 11.5 Å². The van der Waals surface area contributed by atoms with E-state index in [2.05, 4.69) is 9.80 Å². The summed E-state index contributed by atoms with van der Waals surface area (Å²) in [5.74, 6) is 3.04. The van der Waals surface area contributed by atoms with Gasteiger partial charge in [-0.15, -0.1) is 0 Å². The van der Waals surface area contributed by atoms with E-state index in [1.54, 1.807) is 14.2 Å². The van der Waals surface area contributed by atoms with Crippen molar-refractivity contribution in [3.63, 3.8) is 0 Å². The van der Waals surface area contributed by atoms with E-state index < -0.39 is 0 Å². The van der Waals surface area contributed by atoms with E-state index in [4.69, 9.17) is 9.47 Å². The van der Waals surface area contributed by atoms with Gasteiger partial charge in [-0.25, -0.2) is 0 Å². The molecule has 4 fully saturated rings. The zero-order valence-corrected chi connectivity index (χ0v) is 17.6. The van der Waals surface area contributed by atoms with Crippen LogP contribution in [0.25, 0.3) is 6.08 Å². The van der Waals surface area contributed by atoms with Gasteiger partial charge in [-0.1, -0.05) is 6.07 Å². The second-order valence-corrected chi connectivity index (χ2v) is 9.04. The van der Waals surface area contributed by atoms with Crippen LogP contribution in [0.15, 0.2) is 23.8 Å². The number of methoxy groups -OCH3 is 2. The Bertz CT molecular complexity index is 796. The highest BCUT2D eigenvalue weighted by Gasteiger charge is 2.51. The SMILES string of the molecule is COc1cccc(OC)c1/C=C1\CC[C@@H]2[C@H]3CCCN4CCC[C@H](CN2C1=O)[C@@H]34. The number of ether oxygens (including phenoxy) is 2. The van der Waals surface area contributed by atoms with Gasteiger partial charge in [0.25, 0.3) is 0 Å². The van der Waals surface area contributed by atoms with Crippen LogP contribution in [-0.4, -0.2) is 61.6 Å². The van der Waals surface area contributed by atoms with Crippen LogP contribution in [0.1, 0.15) is 44.1 Å². The lowest BCUT2D eigenvalue weighted by Crippen LogP contribution is -2.66. The summed E-state index contributed by atoms with van der Waals surface area (Å²) >= 11 is 0. The van der Waals surface area contributed by atoms with Crippen molar-refractivity contribution in [3.05, 3.63) is 29.3 Å². The number of hydrogen-bond donors (Lipinski definition) is 0. The number of fused-ring (bicyclic) bond motifs is 2. The highest BCUT2D eigenvalue weighted by molar-refractivity contribution is 5.99. The Morgan fingerprint density at radius 1 is 1.03 bits per heavy atom. The van der Waals surface area contributed by atoms with Crippen LogP contribution in [-0.2, 0) is 4.79 Å². The number of carbonyl (C=O) groups excluding carboxylic acids is 1. The standard InChI is InChI=1S/C24H32N2O3/c1-28-21-8-3-9-22(29-2)19(21)14-16-10-11-20-18-7-5-13-25-12-4-6-17(23(18)25)15-26(20)24(16)27/h3,8-9,14,17-18,20,23H,4-7,10-13,15H2,1-2H3/b16-14+/t17-,18-,20-,23+/m1/s1. The molecule has 4 aliphatic heterocycles. The Kier molecular flexibility index (Phi) is 5.02. The minimum atomic E-state index is 0.232. The van der Waals surface area contributed by atoms with Gasteiger partial charge in [-0.2, -0.15) is 0 Å². The molecule has 0 aromatic heterocycles. The Balaban J connectivity index is 1.45. The van der Waals surface area contributed by atoms with Crippen molar-refractivity contribution >= 4 is 12.0 Å². The molecule has 5 heteroatoms. The first kappa shape index (κ1) is 19.0. The Morgan fingerprint density at radius 3 is 2.48 bits per heavy atom. The Labute approximate surface area is 173 Å². The van der Waals surface area contributed by atoms with Gasteiger partial charge in [0, 0.05) is 24.2 Å². The van der Waals surface area contributed by atoms with Crippen LogP contribution in [0.4, 0.5) is 0 Å². The molecule has 0 bridgehead atoms. The van der Waals surface area contributed by atoms with E-state index in [1.807, 2.05) is 24.3 Å². The molecule has 1 amide bonds. The third-order valence-corrected chi connectivity index (χ3v) is 7.70. The van der Waals surface area contributed by atoms with Gasteiger partial charge in [-0.3, -0.25) is 9.69 Å². The van der Waals surface area contributed by atoms with Crippen molar-refractivity contribution < 1.29 is 14.3 Å². The fraction of sp³-hybridized carbons (Fsp3) is 0.625. The summed E-state index contributed by atoms with van der Waals surface area (Å²) in [6, 6.07) is 6.90. The number of hydrogen-bond acceptors (Lipinski definition) is 4. The number of piperidine rings is 4.